The lowest BCUT2D eigenvalue weighted by molar-refractivity contribution is -0.384. The van der Waals surface area contributed by atoms with Crippen LogP contribution < -0.4 is 10.2 Å². The molecule has 4 rings (SSSR count). The van der Waals surface area contributed by atoms with E-state index >= 15 is 0 Å². The third-order valence-electron chi connectivity index (χ3n) is 4.82. The second-order valence-electron chi connectivity index (χ2n) is 7.18. The van der Waals surface area contributed by atoms with Gasteiger partial charge in [-0.3, -0.25) is 14.9 Å². The second-order valence-corrected chi connectivity index (χ2v) is 7.58. The van der Waals surface area contributed by atoms with Crippen molar-refractivity contribution in [1.82, 2.24) is 0 Å². The Morgan fingerprint density at radius 2 is 1.88 bits per heavy atom. The third-order valence-corrected chi connectivity index (χ3v) is 5.15. The van der Waals surface area contributed by atoms with E-state index in [1.54, 1.807) is 48.5 Å². The van der Waals surface area contributed by atoms with E-state index in [1.165, 1.54) is 24.3 Å². The van der Waals surface area contributed by atoms with Gasteiger partial charge in [-0.1, -0.05) is 47.5 Å². The minimum atomic E-state index is -0.853. The summed E-state index contributed by atoms with van der Waals surface area (Å²) in [7, 11) is 0. The molecular formula is C25H16ClNO6. The van der Waals surface area contributed by atoms with Crippen LogP contribution in [0.4, 0.5) is 5.69 Å². The Labute approximate surface area is 192 Å². The molecule has 164 valence electrons. The summed E-state index contributed by atoms with van der Waals surface area (Å²) in [6.07, 6.45) is 2.44. The van der Waals surface area contributed by atoms with Crippen LogP contribution in [-0.2, 0) is 4.79 Å². The SMILES string of the molecule is Cc1ccc2oc(-c3ccccc3Cl)c(OC(=O)C=Cc3cccc([N+](=O)[O-])c3)c(=O)c2c1. The van der Waals surface area contributed by atoms with Crippen molar-refractivity contribution < 1.29 is 18.9 Å². The first-order valence-corrected chi connectivity index (χ1v) is 10.2. The van der Waals surface area contributed by atoms with E-state index in [2.05, 4.69) is 0 Å². The summed E-state index contributed by atoms with van der Waals surface area (Å²) in [5.41, 5.74) is 1.34. The third kappa shape index (κ3) is 4.68. The molecule has 1 aromatic heterocycles. The van der Waals surface area contributed by atoms with Crippen molar-refractivity contribution in [2.45, 2.75) is 6.92 Å². The monoisotopic (exact) mass is 461 g/mol. The van der Waals surface area contributed by atoms with Crippen LogP contribution in [0.3, 0.4) is 0 Å². The van der Waals surface area contributed by atoms with E-state index in [0.717, 1.165) is 11.6 Å². The summed E-state index contributed by atoms with van der Waals surface area (Å²) in [5.74, 6) is -1.12. The Morgan fingerprint density at radius 1 is 1.09 bits per heavy atom. The summed E-state index contributed by atoms with van der Waals surface area (Å²) in [5, 5.41) is 11.5. The topological polar surface area (TPSA) is 99.7 Å². The van der Waals surface area contributed by atoms with Crippen molar-refractivity contribution in [2.24, 2.45) is 0 Å². The van der Waals surface area contributed by atoms with E-state index in [-0.39, 0.29) is 22.6 Å². The zero-order valence-electron chi connectivity index (χ0n) is 17.3. The number of benzene rings is 3. The van der Waals surface area contributed by atoms with Crippen LogP contribution in [0, 0.1) is 17.0 Å². The Morgan fingerprint density at radius 3 is 2.64 bits per heavy atom. The lowest BCUT2D eigenvalue weighted by atomic mass is 10.1. The smallest absolute Gasteiger partial charge is 0.336 e. The number of esters is 1. The number of nitrogens with zero attached hydrogens (tertiary/aromatic N) is 1. The first-order valence-electron chi connectivity index (χ1n) is 9.80. The molecule has 1 heterocycles. The van der Waals surface area contributed by atoms with E-state index in [1.807, 2.05) is 6.92 Å². The highest BCUT2D eigenvalue weighted by Crippen LogP contribution is 2.35. The molecule has 33 heavy (non-hydrogen) atoms. The predicted octanol–water partition coefficient (Wildman–Crippen LogP) is 5.95. The molecular weight excluding hydrogens is 446 g/mol. The molecule has 0 radical (unpaired) electrons. The number of hydrogen-bond acceptors (Lipinski definition) is 6. The molecule has 0 saturated heterocycles. The number of rotatable bonds is 5. The fourth-order valence-electron chi connectivity index (χ4n) is 3.25. The number of ether oxygens (including phenoxy) is 1. The van der Waals surface area contributed by atoms with Crippen molar-refractivity contribution in [3.8, 4) is 17.1 Å². The van der Waals surface area contributed by atoms with Gasteiger partial charge in [0, 0.05) is 23.8 Å². The maximum Gasteiger partial charge on any atom is 0.336 e. The molecule has 0 fully saturated rings. The molecule has 0 unspecified atom stereocenters. The molecule has 4 aromatic rings. The highest BCUT2D eigenvalue weighted by molar-refractivity contribution is 6.33. The maximum absolute atomic E-state index is 13.2. The van der Waals surface area contributed by atoms with Crippen LogP contribution in [0.2, 0.25) is 5.02 Å². The molecule has 0 spiro atoms. The Hall–Kier alpha value is -4.23. The zero-order chi connectivity index (χ0) is 23.5. The van der Waals surface area contributed by atoms with Gasteiger partial charge < -0.3 is 9.15 Å². The first kappa shape index (κ1) is 22.0. The minimum absolute atomic E-state index is 0.0269. The first-order chi connectivity index (χ1) is 15.8. The van der Waals surface area contributed by atoms with Crippen molar-refractivity contribution in [2.75, 3.05) is 0 Å². The molecule has 0 aliphatic heterocycles. The molecule has 0 bridgehead atoms. The summed E-state index contributed by atoms with van der Waals surface area (Å²) >= 11 is 6.31. The number of hydrogen-bond donors (Lipinski definition) is 0. The molecule has 0 atom stereocenters. The molecule has 3 aromatic carbocycles. The van der Waals surface area contributed by atoms with Crippen LogP contribution in [-0.4, -0.2) is 10.9 Å². The van der Waals surface area contributed by atoms with Crippen molar-refractivity contribution in [3.05, 3.63) is 109 Å². The number of fused-ring (bicyclic) bond motifs is 1. The fraction of sp³-hybridized carbons (Fsp3) is 0.0400. The normalized spacial score (nSPS) is 11.1. The van der Waals surface area contributed by atoms with Gasteiger partial charge in [-0.25, -0.2) is 4.79 Å². The van der Waals surface area contributed by atoms with Crippen LogP contribution in [0.15, 0.2) is 82.0 Å². The largest absolute Gasteiger partial charge is 0.452 e. The molecule has 0 saturated carbocycles. The number of aryl methyl sites for hydroxylation is 1. The second kappa shape index (κ2) is 9.10. The van der Waals surface area contributed by atoms with Gasteiger partial charge in [0.15, 0.2) is 5.76 Å². The molecule has 8 heteroatoms. The van der Waals surface area contributed by atoms with E-state index in [0.29, 0.717) is 21.7 Å². The quantitative estimate of drug-likeness (QED) is 0.157. The molecule has 0 aliphatic carbocycles. The summed E-state index contributed by atoms with van der Waals surface area (Å²) < 4.78 is 11.3. The Bertz CT molecular complexity index is 1490. The van der Waals surface area contributed by atoms with Gasteiger partial charge in [0.1, 0.15) is 5.58 Å². The van der Waals surface area contributed by atoms with Gasteiger partial charge in [0.25, 0.3) is 5.69 Å². The number of halogens is 1. The van der Waals surface area contributed by atoms with Gasteiger partial charge in [0.2, 0.25) is 11.2 Å². The number of nitro groups is 1. The van der Waals surface area contributed by atoms with Gasteiger partial charge in [-0.15, -0.1) is 0 Å². The molecule has 0 aliphatic rings. The summed E-state index contributed by atoms with van der Waals surface area (Å²) in [6, 6.07) is 17.6. The fourth-order valence-corrected chi connectivity index (χ4v) is 3.47. The lowest BCUT2D eigenvalue weighted by Gasteiger charge is -2.11. The lowest BCUT2D eigenvalue weighted by Crippen LogP contribution is -2.14. The zero-order valence-corrected chi connectivity index (χ0v) is 18.0. The average Bonchev–Trinajstić information content (AvgIpc) is 2.80. The maximum atomic E-state index is 13.2. The minimum Gasteiger partial charge on any atom is -0.452 e. The van der Waals surface area contributed by atoms with E-state index in [9.17, 15) is 19.7 Å². The van der Waals surface area contributed by atoms with E-state index < -0.39 is 16.3 Å². The van der Waals surface area contributed by atoms with Gasteiger partial charge >= 0.3 is 5.97 Å². The highest BCUT2D eigenvalue weighted by atomic mass is 35.5. The van der Waals surface area contributed by atoms with Crippen molar-refractivity contribution in [3.63, 3.8) is 0 Å². The molecule has 7 nitrogen and oxygen atoms in total. The number of carbonyl (C=O) groups is 1. The van der Waals surface area contributed by atoms with Gasteiger partial charge in [-0.2, -0.15) is 0 Å². The van der Waals surface area contributed by atoms with Crippen LogP contribution in [0.5, 0.6) is 5.75 Å². The van der Waals surface area contributed by atoms with Gasteiger partial charge in [-0.05, 0) is 42.8 Å². The number of carbonyl (C=O) groups excluding carboxylic acids is 1. The van der Waals surface area contributed by atoms with Crippen LogP contribution in [0.1, 0.15) is 11.1 Å². The Kier molecular flexibility index (Phi) is 6.06. The highest BCUT2D eigenvalue weighted by Gasteiger charge is 2.21. The Balaban J connectivity index is 1.77. The van der Waals surface area contributed by atoms with Crippen molar-refractivity contribution >= 4 is 40.3 Å². The van der Waals surface area contributed by atoms with Crippen LogP contribution >= 0.6 is 11.6 Å². The van der Waals surface area contributed by atoms with Gasteiger partial charge in [0.05, 0.1) is 15.3 Å². The summed E-state index contributed by atoms with van der Waals surface area (Å²) in [4.78, 5) is 36.2. The average molecular weight is 462 g/mol. The summed E-state index contributed by atoms with van der Waals surface area (Å²) in [6.45, 7) is 1.83. The number of nitro benzene ring substituents is 1. The molecule has 0 N–H and O–H groups in total. The van der Waals surface area contributed by atoms with E-state index in [4.69, 9.17) is 20.8 Å². The standard InChI is InChI=1S/C25H16ClNO6/c1-15-9-11-21-19(13-15)23(29)25(24(32-21)18-7-2-3-8-20(18)26)33-22(28)12-10-16-5-4-6-17(14-16)27(30)31/h2-14H,1H3. The molecule has 0 amide bonds. The van der Waals surface area contributed by atoms with Crippen LogP contribution in [0.25, 0.3) is 28.4 Å². The predicted molar refractivity (Wildman–Crippen MR) is 125 cm³/mol. The van der Waals surface area contributed by atoms with Crippen molar-refractivity contribution in [1.29, 1.82) is 0 Å². The number of non-ortho nitro benzene ring substituents is 1.